The first kappa shape index (κ1) is 10.1. The van der Waals surface area contributed by atoms with Crippen LogP contribution in [-0.2, 0) is 0 Å². The Kier molecular flexibility index (Phi) is 2.93. The fourth-order valence-corrected chi connectivity index (χ4v) is 1.63. The molecule has 13 heavy (non-hydrogen) atoms. The highest BCUT2D eigenvalue weighted by atomic mass is 14.8. The molecular weight excluding hydrogens is 164 g/mol. The van der Waals surface area contributed by atoms with Crippen LogP contribution in [0, 0.1) is 22.1 Å². The third-order valence-electron chi connectivity index (χ3n) is 2.54. The van der Waals surface area contributed by atoms with Crippen LogP contribution in [0.25, 0.3) is 0 Å². The molecule has 0 aromatic carbocycles. The summed E-state index contributed by atoms with van der Waals surface area (Å²) in [5.41, 5.74) is 6.16. The number of unbranched alkanes of at least 4 members (excludes halogenated alkanes) is 1. The van der Waals surface area contributed by atoms with E-state index in [0.29, 0.717) is 0 Å². The third kappa shape index (κ3) is 1.67. The summed E-state index contributed by atoms with van der Waals surface area (Å²) in [6.45, 7) is 2.08. The van der Waals surface area contributed by atoms with Gasteiger partial charge in [0.25, 0.3) is 0 Å². The minimum Gasteiger partial charge on any atom is -0.322 e. The SMILES string of the molecule is CCCCC1C(=N)C(=N)C(=N)C1N. The summed E-state index contributed by atoms with van der Waals surface area (Å²) in [6.07, 6.45) is 2.92. The monoisotopic (exact) mass is 180 g/mol. The van der Waals surface area contributed by atoms with E-state index in [2.05, 4.69) is 6.92 Å². The summed E-state index contributed by atoms with van der Waals surface area (Å²) < 4.78 is 0. The molecular formula is C9H16N4. The number of hydrogen-bond donors (Lipinski definition) is 4. The van der Waals surface area contributed by atoms with E-state index in [1.807, 2.05) is 0 Å². The second-order valence-corrected chi connectivity index (χ2v) is 3.48. The average Bonchev–Trinajstić information content (AvgIpc) is 2.30. The van der Waals surface area contributed by atoms with E-state index < -0.39 is 6.04 Å². The van der Waals surface area contributed by atoms with Crippen LogP contribution in [0.4, 0.5) is 0 Å². The summed E-state index contributed by atoms with van der Waals surface area (Å²) in [5.74, 6) is -0.0834. The highest BCUT2D eigenvalue weighted by Crippen LogP contribution is 2.21. The van der Waals surface area contributed by atoms with E-state index in [4.69, 9.17) is 22.0 Å². The van der Waals surface area contributed by atoms with Crippen LogP contribution in [-0.4, -0.2) is 23.2 Å². The lowest BCUT2D eigenvalue weighted by molar-refractivity contribution is 0.560. The van der Waals surface area contributed by atoms with Gasteiger partial charge in [-0.3, -0.25) is 5.41 Å². The van der Waals surface area contributed by atoms with E-state index in [-0.39, 0.29) is 23.1 Å². The van der Waals surface area contributed by atoms with Gasteiger partial charge in [-0.25, -0.2) is 0 Å². The summed E-state index contributed by atoms with van der Waals surface area (Å²) in [6, 6.07) is -0.411. The maximum Gasteiger partial charge on any atom is 0.0975 e. The summed E-state index contributed by atoms with van der Waals surface area (Å²) in [7, 11) is 0. The van der Waals surface area contributed by atoms with Gasteiger partial charge in [-0.1, -0.05) is 19.8 Å². The molecule has 1 aliphatic carbocycles. The van der Waals surface area contributed by atoms with Gasteiger partial charge in [0, 0.05) is 5.92 Å². The molecule has 2 unspecified atom stereocenters. The Balaban J connectivity index is 2.70. The van der Waals surface area contributed by atoms with Crippen LogP contribution in [0.3, 0.4) is 0 Å². The standard InChI is InChI=1S/C9H16N4/c1-2-3-4-5-6(10)8(12)9(13)7(5)11/h5-6,11-13H,2-4,10H2,1H3. The van der Waals surface area contributed by atoms with Gasteiger partial charge in [0.1, 0.15) is 0 Å². The molecule has 4 nitrogen and oxygen atoms in total. The Bertz CT molecular complexity index is 256. The summed E-state index contributed by atoms with van der Waals surface area (Å²) in [5, 5.41) is 22.5. The maximum absolute atomic E-state index is 7.61. The van der Waals surface area contributed by atoms with Crippen molar-refractivity contribution >= 4 is 17.1 Å². The Labute approximate surface area is 78.0 Å². The number of nitrogens with one attached hydrogen (secondary N) is 3. The quantitative estimate of drug-likeness (QED) is 0.515. The van der Waals surface area contributed by atoms with Crippen molar-refractivity contribution < 1.29 is 0 Å². The van der Waals surface area contributed by atoms with E-state index in [9.17, 15) is 0 Å². The van der Waals surface area contributed by atoms with E-state index >= 15 is 0 Å². The van der Waals surface area contributed by atoms with Crippen LogP contribution in [0.1, 0.15) is 26.2 Å². The molecule has 72 valence electrons. The van der Waals surface area contributed by atoms with Crippen molar-refractivity contribution in [3.8, 4) is 0 Å². The van der Waals surface area contributed by atoms with Crippen molar-refractivity contribution in [2.24, 2.45) is 11.7 Å². The van der Waals surface area contributed by atoms with Gasteiger partial charge in [-0.05, 0) is 6.42 Å². The Morgan fingerprint density at radius 2 is 1.85 bits per heavy atom. The third-order valence-corrected chi connectivity index (χ3v) is 2.54. The predicted octanol–water partition coefficient (Wildman–Crippen LogP) is 1.19. The minimum absolute atomic E-state index is 0.0357. The topological polar surface area (TPSA) is 97.6 Å². The molecule has 0 aliphatic heterocycles. The highest BCUT2D eigenvalue weighted by Gasteiger charge is 2.37. The van der Waals surface area contributed by atoms with Gasteiger partial charge in [-0.15, -0.1) is 0 Å². The van der Waals surface area contributed by atoms with Gasteiger partial charge < -0.3 is 16.6 Å². The molecule has 1 saturated carbocycles. The lowest BCUT2D eigenvalue weighted by Gasteiger charge is -2.12. The first-order chi connectivity index (χ1) is 6.09. The molecule has 0 aromatic heterocycles. The van der Waals surface area contributed by atoms with Gasteiger partial charge >= 0.3 is 0 Å². The largest absolute Gasteiger partial charge is 0.322 e. The van der Waals surface area contributed by atoms with E-state index in [1.54, 1.807) is 0 Å². The molecule has 0 saturated heterocycles. The molecule has 0 heterocycles. The molecule has 1 aliphatic rings. The molecule has 0 radical (unpaired) electrons. The van der Waals surface area contributed by atoms with Crippen molar-refractivity contribution in [3.63, 3.8) is 0 Å². The van der Waals surface area contributed by atoms with Gasteiger partial charge in [0.05, 0.1) is 23.2 Å². The zero-order valence-corrected chi connectivity index (χ0v) is 7.85. The molecule has 0 bridgehead atoms. The van der Waals surface area contributed by atoms with Gasteiger partial charge in [0.2, 0.25) is 0 Å². The van der Waals surface area contributed by atoms with E-state index in [0.717, 1.165) is 19.3 Å². The molecule has 0 amide bonds. The molecule has 0 spiro atoms. The second-order valence-electron chi connectivity index (χ2n) is 3.48. The van der Waals surface area contributed by atoms with E-state index in [1.165, 1.54) is 0 Å². The summed E-state index contributed by atoms with van der Waals surface area (Å²) >= 11 is 0. The average molecular weight is 180 g/mol. The Morgan fingerprint density at radius 1 is 1.23 bits per heavy atom. The summed E-state index contributed by atoms with van der Waals surface area (Å²) in [4.78, 5) is 0. The fraction of sp³-hybridized carbons (Fsp3) is 0.667. The van der Waals surface area contributed by atoms with Crippen LogP contribution >= 0.6 is 0 Å². The molecule has 0 aromatic rings. The lowest BCUT2D eigenvalue weighted by Crippen LogP contribution is -2.32. The Morgan fingerprint density at radius 3 is 2.23 bits per heavy atom. The number of rotatable bonds is 3. The molecule has 4 heteroatoms. The van der Waals surface area contributed by atoms with Crippen LogP contribution < -0.4 is 5.73 Å². The van der Waals surface area contributed by atoms with Crippen molar-refractivity contribution in [2.75, 3.05) is 0 Å². The van der Waals surface area contributed by atoms with Crippen molar-refractivity contribution in [1.29, 1.82) is 16.2 Å². The zero-order valence-electron chi connectivity index (χ0n) is 7.85. The van der Waals surface area contributed by atoms with Crippen molar-refractivity contribution in [1.82, 2.24) is 0 Å². The molecule has 5 N–H and O–H groups in total. The second kappa shape index (κ2) is 3.79. The molecule has 1 fully saturated rings. The maximum atomic E-state index is 7.61. The van der Waals surface area contributed by atoms with Crippen molar-refractivity contribution in [3.05, 3.63) is 0 Å². The van der Waals surface area contributed by atoms with Crippen LogP contribution in [0.5, 0.6) is 0 Å². The van der Waals surface area contributed by atoms with Gasteiger partial charge in [0.15, 0.2) is 0 Å². The highest BCUT2D eigenvalue weighted by molar-refractivity contribution is 6.71. The van der Waals surface area contributed by atoms with Crippen molar-refractivity contribution in [2.45, 2.75) is 32.2 Å². The lowest BCUT2D eigenvalue weighted by atomic mass is 9.96. The van der Waals surface area contributed by atoms with Crippen LogP contribution in [0.2, 0.25) is 0 Å². The van der Waals surface area contributed by atoms with Gasteiger partial charge in [-0.2, -0.15) is 0 Å². The molecule has 1 rings (SSSR count). The minimum atomic E-state index is -0.411. The smallest absolute Gasteiger partial charge is 0.0975 e. The fourth-order valence-electron chi connectivity index (χ4n) is 1.63. The predicted molar refractivity (Wildman–Crippen MR) is 54.2 cm³/mol. The normalized spacial score (nSPS) is 28.6. The number of hydrogen-bond acceptors (Lipinski definition) is 4. The first-order valence-electron chi connectivity index (χ1n) is 4.61. The number of nitrogens with two attached hydrogens (primary N) is 1. The Hall–Kier alpha value is -1.03. The first-order valence-corrected chi connectivity index (χ1v) is 4.61. The zero-order chi connectivity index (χ0) is 10.0. The molecule has 2 atom stereocenters. The van der Waals surface area contributed by atoms with Crippen LogP contribution in [0.15, 0.2) is 0 Å².